The Morgan fingerprint density at radius 2 is 1.78 bits per heavy atom. The number of rotatable bonds is 11. The number of hydrogen-bond donors (Lipinski definition) is 0. The quantitative estimate of drug-likeness (QED) is 0.117. The van der Waals surface area contributed by atoms with E-state index < -0.39 is 89.7 Å². The van der Waals surface area contributed by atoms with E-state index in [0.29, 0.717) is 50.0 Å². The molecule has 14 atom stereocenters. The van der Waals surface area contributed by atoms with E-state index in [1.54, 1.807) is 35.8 Å². The topological polar surface area (TPSA) is 183 Å². The first kappa shape index (κ1) is 49.2. The lowest BCUT2D eigenvalue weighted by atomic mass is 9.73. The summed E-state index contributed by atoms with van der Waals surface area (Å²) < 4.78 is 47.3. The molecule has 17 nitrogen and oxygen atoms in total. The molecule has 4 aliphatic heterocycles. The van der Waals surface area contributed by atoms with E-state index in [2.05, 4.69) is 21.9 Å². The molecule has 4 fully saturated rings. The van der Waals surface area contributed by atoms with Crippen molar-refractivity contribution < 1.29 is 52.3 Å². The van der Waals surface area contributed by atoms with Gasteiger partial charge in [-0.1, -0.05) is 39.5 Å². The molecule has 0 radical (unpaired) electrons. The van der Waals surface area contributed by atoms with Crippen LogP contribution in [0.15, 0.2) is 42.9 Å². The Morgan fingerprint density at radius 1 is 1.05 bits per heavy atom. The van der Waals surface area contributed by atoms with Crippen LogP contribution in [0.5, 0.6) is 0 Å². The third-order valence-electron chi connectivity index (χ3n) is 13.8. The molecule has 0 aliphatic carbocycles. The van der Waals surface area contributed by atoms with Crippen molar-refractivity contribution in [3.05, 3.63) is 42.9 Å². The fraction of sp³-hybridized carbons (Fsp3) is 0.723. The molecule has 6 rings (SSSR count). The first-order chi connectivity index (χ1) is 30.3. The summed E-state index contributed by atoms with van der Waals surface area (Å²) in [4.78, 5) is 64.1. The number of carbonyl (C=O) groups is 4. The molecular formula is C47H70N6O11. The number of likely N-dealkylation sites (N-methyl/N-ethyl adjacent to an activating group) is 1. The highest BCUT2D eigenvalue weighted by Crippen LogP contribution is 2.44. The lowest BCUT2D eigenvalue weighted by molar-refractivity contribution is -0.304. The Hall–Kier alpha value is -4.29. The Labute approximate surface area is 377 Å². The van der Waals surface area contributed by atoms with Crippen LogP contribution in [-0.2, 0) is 54.1 Å². The largest absolute Gasteiger partial charge is 0.458 e. The molecule has 2 aromatic heterocycles. The zero-order valence-corrected chi connectivity index (χ0v) is 39.6. The highest BCUT2D eigenvalue weighted by Gasteiger charge is 2.60. The summed E-state index contributed by atoms with van der Waals surface area (Å²) in [6.07, 6.45) is 2.40. The highest BCUT2D eigenvalue weighted by molar-refractivity contribution is 5.85. The zero-order chi connectivity index (χ0) is 46.7. The second-order valence-electron chi connectivity index (χ2n) is 19.1. The van der Waals surface area contributed by atoms with Crippen molar-refractivity contribution in [1.82, 2.24) is 29.8 Å². The van der Waals surface area contributed by atoms with Crippen LogP contribution in [0.25, 0.3) is 11.3 Å². The van der Waals surface area contributed by atoms with Crippen LogP contribution in [0.4, 0.5) is 4.79 Å². The predicted octanol–water partition coefficient (Wildman–Crippen LogP) is 5.65. The van der Waals surface area contributed by atoms with Gasteiger partial charge in [0.25, 0.3) is 0 Å². The van der Waals surface area contributed by atoms with Crippen LogP contribution in [0.2, 0.25) is 0 Å². The van der Waals surface area contributed by atoms with Crippen LogP contribution in [0.1, 0.15) is 94.4 Å². The maximum Gasteiger partial charge on any atom is 0.410 e. The van der Waals surface area contributed by atoms with Gasteiger partial charge in [0.1, 0.15) is 17.6 Å². The summed E-state index contributed by atoms with van der Waals surface area (Å²) in [5.41, 5.74) is -0.362. The number of aromatic nitrogens is 4. The normalized spacial score (nSPS) is 36.7. The summed E-state index contributed by atoms with van der Waals surface area (Å²) in [5.74, 6) is -3.94. The Bertz CT molecular complexity index is 1960. The van der Waals surface area contributed by atoms with Gasteiger partial charge in [0.05, 0.1) is 61.3 Å². The third kappa shape index (κ3) is 10.5. The standard InChI is InChI=1S/C47H70N6O11/c1-13-37-47(10)41(53(45(57)64-47)20-15-14-19-52-24-35(49-50-52)34-17-16-18-48-23-34)30(5)38(55)28(3)22-46(9)42(31(6)39(32(7)43(56)62-37)58-25-27(2)26-59-46)63-44-40(61-33(8)54)36(51(11)12)21-29(4)60-44/h16-18,23-24,28-32,36-37,39-42,44H,2,13-15,19-22,25-26H2,1,3-12H3/t28-,29-,30+,31+,32-,36+,37-,39-,40-,41-,42-,44+,46+,47-/m1/s1. The average molecular weight is 895 g/mol. The van der Waals surface area contributed by atoms with Gasteiger partial charge in [0.2, 0.25) is 0 Å². The molecule has 354 valence electrons. The number of aryl methyl sites for hydroxylation is 1. The van der Waals surface area contributed by atoms with Crippen molar-refractivity contribution in [2.75, 3.05) is 33.9 Å². The van der Waals surface area contributed by atoms with Gasteiger partial charge in [-0.3, -0.25) is 24.0 Å². The van der Waals surface area contributed by atoms with Gasteiger partial charge >= 0.3 is 18.0 Å². The summed E-state index contributed by atoms with van der Waals surface area (Å²) in [7, 11) is 3.84. The van der Waals surface area contributed by atoms with Crippen molar-refractivity contribution in [3.8, 4) is 11.3 Å². The van der Waals surface area contributed by atoms with E-state index in [4.69, 9.17) is 33.2 Å². The molecule has 2 aromatic rings. The minimum atomic E-state index is -1.37. The molecule has 4 aliphatic rings. The average Bonchev–Trinajstić information content (AvgIpc) is 3.84. The molecule has 0 N–H and O–H groups in total. The number of hydrogen-bond acceptors (Lipinski definition) is 15. The van der Waals surface area contributed by atoms with Gasteiger partial charge in [-0.25, -0.2) is 4.79 Å². The van der Waals surface area contributed by atoms with Gasteiger partial charge in [-0.15, -0.1) is 5.10 Å². The fourth-order valence-electron chi connectivity index (χ4n) is 10.5. The Balaban J connectivity index is 1.34. The molecule has 64 heavy (non-hydrogen) atoms. The number of pyridine rings is 1. The van der Waals surface area contributed by atoms with E-state index in [-0.39, 0.29) is 37.6 Å². The predicted molar refractivity (Wildman–Crippen MR) is 234 cm³/mol. The maximum atomic E-state index is 15.1. The number of esters is 2. The number of cyclic esters (lactones) is 1. The first-order valence-corrected chi connectivity index (χ1v) is 22.9. The molecule has 6 heterocycles. The first-order valence-electron chi connectivity index (χ1n) is 22.9. The van der Waals surface area contributed by atoms with Gasteiger partial charge in [0, 0.05) is 55.7 Å². The molecule has 1 amide bonds. The third-order valence-corrected chi connectivity index (χ3v) is 13.8. The molecule has 4 saturated heterocycles. The monoisotopic (exact) mass is 895 g/mol. The molecule has 0 aromatic carbocycles. The summed E-state index contributed by atoms with van der Waals surface area (Å²) in [6.45, 7) is 21.5. The second kappa shape index (κ2) is 20.5. The van der Waals surface area contributed by atoms with E-state index in [0.717, 1.165) is 5.56 Å². The molecule has 0 spiro atoms. The van der Waals surface area contributed by atoms with E-state index in [9.17, 15) is 14.4 Å². The Kier molecular flexibility index (Phi) is 15.7. The minimum absolute atomic E-state index is 0.0921. The van der Waals surface area contributed by atoms with Gasteiger partial charge in [-0.05, 0) is 91.6 Å². The molecular weight excluding hydrogens is 825 g/mol. The van der Waals surface area contributed by atoms with Crippen LogP contribution < -0.4 is 0 Å². The number of ketones is 1. The smallest absolute Gasteiger partial charge is 0.410 e. The number of unbranched alkanes of at least 4 members (excludes halogenated alkanes) is 1. The van der Waals surface area contributed by atoms with E-state index in [1.165, 1.54) is 6.92 Å². The minimum Gasteiger partial charge on any atom is -0.458 e. The van der Waals surface area contributed by atoms with Gasteiger partial charge in [0.15, 0.2) is 18.0 Å². The van der Waals surface area contributed by atoms with Crippen molar-refractivity contribution in [2.24, 2.45) is 23.7 Å². The number of nitrogens with zero attached hydrogens (tertiary/aromatic N) is 6. The lowest BCUT2D eigenvalue weighted by Crippen LogP contribution is -2.61. The van der Waals surface area contributed by atoms with Crippen molar-refractivity contribution in [1.29, 1.82) is 0 Å². The molecule has 17 heteroatoms. The Morgan fingerprint density at radius 3 is 2.45 bits per heavy atom. The molecule has 0 unspecified atom stereocenters. The number of ether oxygens (including phenoxy) is 7. The summed E-state index contributed by atoms with van der Waals surface area (Å²) >= 11 is 0. The second-order valence-corrected chi connectivity index (χ2v) is 19.1. The number of fused-ring (bicyclic) bond motifs is 4. The van der Waals surface area contributed by atoms with Gasteiger partial charge < -0.3 is 43.0 Å². The van der Waals surface area contributed by atoms with E-state index >= 15 is 4.79 Å². The van der Waals surface area contributed by atoms with Crippen molar-refractivity contribution >= 4 is 23.8 Å². The number of carbonyl (C=O) groups excluding carboxylic acids is 4. The SMILES string of the molecule is C=C1CO[C@@H]2[C@H](C)[C@@H](O[C@@H]3O[C@H](C)C[C@H](N(C)C)[C@H]3OC(C)=O)[C@](C)(C[C@@H](C)C(=O)[C@H](C)[C@H]3N(CCCCn4cc(-c5cccnc5)nn4)C(=O)O[C@]3(C)[C@@H](CC)OC(=O)[C@@H]2C)OC1. The van der Waals surface area contributed by atoms with E-state index in [1.807, 2.05) is 78.9 Å². The van der Waals surface area contributed by atoms with Crippen LogP contribution in [0, 0.1) is 23.7 Å². The number of Topliss-reactive ketones (excluding diaryl/α,β-unsaturated/α-hetero) is 1. The van der Waals surface area contributed by atoms with Crippen molar-refractivity contribution in [2.45, 2.75) is 161 Å². The van der Waals surface area contributed by atoms with Crippen LogP contribution in [0.3, 0.4) is 0 Å². The summed E-state index contributed by atoms with van der Waals surface area (Å²) in [5, 5.41) is 8.58. The van der Waals surface area contributed by atoms with Gasteiger partial charge in [-0.2, -0.15) is 0 Å². The van der Waals surface area contributed by atoms with Crippen molar-refractivity contribution in [3.63, 3.8) is 0 Å². The molecule has 0 saturated carbocycles. The number of amides is 1. The van der Waals surface area contributed by atoms with Crippen LogP contribution >= 0.6 is 0 Å². The van der Waals surface area contributed by atoms with Crippen LogP contribution in [-0.4, -0.2) is 148 Å². The zero-order valence-electron chi connectivity index (χ0n) is 39.6. The highest BCUT2D eigenvalue weighted by atomic mass is 16.7. The maximum absolute atomic E-state index is 15.1. The summed E-state index contributed by atoms with van der Waals surface area (Å²) in [6, 6.07) is 2.75. The molecule has 2 bridgehead atoms. The fourth-order valence-corrected chi connectivity index (χ4v) is 10.5. The lowest BCUT2D eigenvalue weighted by Gasteiger charge is -2.49.